The van der Waals surface area contributed by atoms with Gasteiger partial charge in [-0.05, 0) is 38.0 Å². The molecule has 26 heavy (non-hydrogen) atoms. The van der Waals surface area contributed by atoms with Crippen molar-refractivity contribution in [2.24, 2.45) is 5.41 Å². The number of aryl methyl sites for hydroxylation is 1. The largest absolute Gasteiger partial charge is 0.496 e. The molecule has 0 radical (unpaired) electrons. The maximum Gasteiger partial charge on any atom is 0.235 e. The summed E-state index contributed by atoms with van der Waals surface area (Å²) >= 11 is 0. The summed E-state index contributed by atoms with van der Waals surface area (Å²) in [6, 6.07) is 15.3. The third-order valence-corrected chi connectivity index (χ3v) is 4.47. The average Bonchev–Trinajstić information content (AvgIpc) is 2.65. The number of rotatable bonds is 7. The van der Waals surface area contributed by atoms with Gasteiger partial charge < -0.3 is 15.4 Å². The molecular formula is C21H26N2O3. The van der Waals surface area contributed by atoms with Gasteiger partial charge in [-0.1, -0.05) is 42.5 Å². The Morgan fingerprint density at radius 2 is 1.38 bits per heavy atom. The van der Waals surface area contributed by atoms with E-state index in [4.69, 9.17) is 4.74 Å². The molecule has 0 spiro atoms. The van der Waals surface area contributed by atoms with E-state index in [0.717, 1.165) is 16.7 Å². The zero-order chi connectivity index (χ0) is 19.2. The van der Waals surface area contributed by atoms with Crippen molar-refractivity contribution in [2.45, 2.75) is 33.9 Å². The van der Waals surface area contributed by atoms with Gasteiger partial charge in [-0.3, -0.25) is 9.59 Å². The van der Waals surface area contributed by atoms with Crippen LogP contribution in [0.1, 0.15) is 30.5 Å². The number of amides is 2. The molecule has 2 N–H and O–H groups in total. The zero-order valence-corrected chi connectivity index (χ0v) is 15.8. The third-order valence-electron chi connectivity index (χ3n) is 4.47. The number of methoxy groups -OCH3 is 1. The van der Waals surface area contributed by atoms with E-state index in [9.17, 15) is 9.59 Å². The van der Waals surface area contributed by atoms with Gasteiger partial charge in [-0.2, -0.15) is 0 Å². The molecule has 138 valence electrons. The molecule has 0 fully saturated rings. The summed E-state index contributed by atoms with van der Waals surface area (Å²) in [5, 5.41) is 5.68. The van der Waals surface area contributed by atoms with Crippen LogP contribution in [-0.2, 0) is 22.7 Å². The lowest BCUT2D eigenvalue weighted by Gasteiger charge is -2.23. The Bertz CT molecular complexity index is 784. The highest BCUT2D eigenvalue weighted by Gasteiger charge is 2.35. The van der Waals surface area contributed by atoms with Crippen molar-refractivity contribution < 1.29 is 14.3 Å². The van der Waals surface area contributed by atoms with Crippen molar-refractivity contribution >= 4 is 11.8 Å². The average molecular weight is 354 g/mol. The molecule has 0 heterocycles. The molecule has 0 aromatic heterocycles. The predicted molar refractivity (Wildman–Crippen MR) is 102 cm³/mol. The van der Waals surface area contributed by atoms with Crippen molar-refractivity contribution in [1.29, 1.82) is 0 Å². The summed E-state index contributed by atoms with van der Waals surface area (Å²) in [6.07, 6.45) is 0. The van der Waals surface area contributed by atoms with Crippen molar-refractivity contribution in [3.05, 3.63) is 65.2 Å². The molecule has 5 heteroatoms. The van der Waals surface area contributed by atoms with Gasteiger partial charge in [0.05, 0.1) is 7.11 Å². The second-order valence-electron chi connectivity index (χ2n) is 6.73. The monoisotopic (exact) mass is 354 g/mol. The number of hydrogen-bond acceptors (Lipinski definition) is 3. The number of carbonyl (C=O) groups excluding carboxylic acids is 2. The minimum Gasteiger partial charge on any atom is -0.496 e. The molecule has 0 saturated carbocycles. The molecule has 0 aliphatic rings. The fourth-order valence-corrected chi connectivity index (χ4v) is 2.55. The maximum absolute atomic E-state index is 12.5. The second-order valence-corrected chi connectivity index (χ2v) is 6.73. The number of carbonyl (C=O) groups is 2. The molecule has 2 amide bonds. The third kappa shape index (κ3) is 4.63. The molecule has 0 aliphatic heterocycles. The van der Waals surface area contributed by atoms with Gasteiger partial charge in [-0.25, -0.2) is 0 Å². The SMILES string of the molecule is COc1ccccc1CNC(=O)C(C)(C)C(=O)NCc1ccccc1C. The molecule has 0 aliphatic carbocycles. The summed E-state index contributed by atoms with van der Waals surface area (Å²) in [6.45, 7) is 5.94. The molecule has 2 aromatic rings. The summed E-state index contributed by atoms with van der Waals surface area (Å²) in [7, 11) is 1.59. The van der Waals surface area contributed by atoms with E-state index in [-0.39, 0.29) is 11.8 Å². The minimum absolute atomic E-state index is 0.303. The molecule has 0 saturated heterocycles. The molecular weight excluding hydrogens is 328 g/mol. The Hall–Kier alpha value is -2.82. The van der Waals surface area contributed by atoms with Crippen LogP contribution in [0.15, 0.2) is 48.5 Å². The fraction of sp³-hybridized carbons (Fsp3) is 0.333. The van der Waals surface area contributed by atoms with E-state index in [0.29, 0.717) is 18.8 Å². The van der Waals surface area contributed by atoms with E-state index in [2.05, 4.69) is 10.6 Å². The Kier molecular flexibility index (Phi) is 6.39. The van der Waals surface area contributed by atoms with Crippen LogP contribution >= 0.6 is 0 Å². The quantitative estimate of drug-likeness (QED) is 0.751. The zero-order valence-electron chi connectivity index (χ0n) is 15.8. The number of nitrogens with one attached hydrogen (secondary N) is 2. The first kappa shape index (κ1) is 19.5. The van der Waals surface area contributed by atoms with Crippen LogP contribution < -0.4 is 15.4 Å². The van der Waals surface area contributed by atoms with Gasteiger partial charge in [0.15, 0.2) is 0 Å². The highest BCUT2D eigenvalue weighted by molar-refractivity contribution is 6.04. The smallest absolute Gasteiger partial charge is 0.235 e. The summed E-state index contributed by atoms with van der Waals surface area (Å²) in [4.78, 5) is 25.1. The maximum atomic E-state index is 12.5. The van der Waals surface area contributed by atoms with Crippen LogP contribution in [0.4, 0.5) is 0 Å². The Balaban J connectivity index is 1.95. The Labute approximate surface area is 154 Å². The first-order valence-corrected chi connectivity index (χ1v) is 8.59. The van der Waals surface area contributed by atoms with E-state index in [1.54, 1.807) is 21.0 Å². The van der Waals surface area contributed by atoms with Crippen LogP contribution in [0.3, 0.4) is 0 Å². The first-order chi connectivity index (χ1) is 12.4. The number of ether oxygens (including phenoxy) is 1. The number of hydrogen-bond donors (Lipinski definition) is 2. The summed E-state index contributed by atoms with van der Waals surface area (Å²) in [5.41, 5.74) is 1.82. The standard InChI is InChI=1S/C21H26N2O3/c1-15-9-5-6-10-16(15)13-22-19(24)21(2,3)20(25)23-14-17-11-7-8-12-18(17)26-4/h5-12H,13-14H2,1-4H3,(H,22,24)(H,23,25). The summed E-state index contributed by atoms with van der Waals surface area (Å²) in [5.74, 6) is 0.0681. The van der Waals surface area contributed by atoms with E-state index in [1.165, 1.54) is 0 Å². The lowest BCUT2D eigenvalue weighted by atomic mass is 9.90. The van der Waals surface area contributed by atoms with Crippen molar-refractivity contribution in [3.63, 3.8) is 0 Å². The normalized spacial score (nSPS) is 10.9. The van der Waals surface area contributed by atoms with Gasteiger partial charge >= 0.3 is 0 Å². The van der Waals surface area contributed by atoms with Crippen LogP contribution in [0.2, 0.25) is 0 Å². The van der Waals surface area contributed by atoms with Crippen LogP contribution in [0.25, 0.3) is 0 Å². The number of benzene rings is 2. The van der Waals surface area contributed by atoms with Gasteiger partial charge in [-0.15, -0.1) is 0 Å². The van der Waals surface area contributed by atoms with E-state index < -0.39 is 5.41 Å². The molecule has 2 rings (SSSR count). The fourth-order valence-electron chi connectivity index (χ4n) is 2.55. The first-order valence-electron chi connectivity index (χ1n) is 8.59. The lowest BCUT2D eigenvalue weighted by Crippen LogP contribution is -2.47. The van der Waals surface area contributed by atoms with Gasteiger partial charge in [0, 0.05) is 18.7 Å². The highest BCUT2D eigenvalue weighted by Crippen LogP contribution is 2.19. The molecule has 0 atom stereocenters. The Morgan fingerprint density at radius 3 is 1.96 bits per heavy atom. The van der Waals surface area contributed by atoms with Gasteiger partial charge in [0.25, 0.3) is 0 Å². The topological polar surface area (TPSA) is 67.4 Å². The minimum atomic E-state index is -1.18. The highest BCUT2D eigenvalue weighted by atomic mass is 16.5. The van der Waals surface area contributed by atoms with E-state index >= 15 is 0 Å². The van der Waals surface area contributed by atoms with Gasteiger partial charge in [0.2, 0.25) is 11.8 Å². The molecule has 0 unspecified atom stereocenters. The molecule has 5 nitrogen and oxygen atoms in total. The van der Waals surface area contributed by atoms with Crippen molar-refractivity contribution in [3.8, 4) is 5.75 Å². The van der Waals surface area contributed by atoms with E-state index in [1.807, 2.05) is 55.5 Å². The number of para-hydroxylation sites is 1. The molecule has 2 aromatic carbocycles. The second kappa shape index (κ2) is 8.52. The predicted octanol–water partition coefficient (Wildman–Crippen LogP) is 2.96. The van der Waals surface area contributed by atoms with Crippen LogP contribution in [0, 0.1) is 12.3 Å². The van der Waals surface area contributed by atoms with Crippen molar-refractivity contribution in [2.75, 3.05) is 7.11 Å². The van der Waals surface area contributed by atoms with Gasteiger partial charge in [0.1, 0.15) is 11.2 Å². The lowest BCUT2D eigenvalue weighted by molar-refractivity contribution is -0.141. The Morgan fingerprint density at radius 1 is 0.885 bits per heavy atom. The van der Waals surface area contributed by atoms with Crippen LogP contribution in [-0.4, -0.2) is 18.9 Å². The molecule has 0 bridgehead atoms. The van der Waals surface area contributed by atoms with Crippen molar-refractivity contribution in [1.82, 2.24) is 10.6 Å². The summed E-state index contributed by atoms with van der Waals surface area (Å²) < 4.78 is 5.28. The van der Waals surface area contributed by atoms with Crippen LogP contribution in [0.5, 0.6) is 5.75 Å².